The van der Waals surface area contributed by atoms with E-state index in [0.29, 0.717) is 5.56 Å². The molecule has 1 aromatic rings. The molecular formula is C10H11BrF3N. The molecule has 0 aromatic heterocycles. The summed E-state index contributed by atoms with van der Waals surface area (Å²) in [5.41, 5.74) is 6.92. The normalized spacial score (nSPS) is 14.0. The minimum atomic E-state index is -4.23. The van der Waals surface area contributed by atoms with Crippen LogP contribution in [0.3, 0.4) is 0 Å². The molecule has 0 aliphatic carbocycles. The van der Waals surface area contributed by atoms with Gasteiger partial charge >= 0.3 is 6.18 Å². The van der Waals surface area contributed by atoms with Crippen molar-refractivity contribution in [3.63, 3.8) is 0 Å². The lowest BCUT2D eigenvalue weighted by atomic mass is 10.0. The molecule has 1 aromatic carbocycles. The molecule has 0 radical (unpaired) electrons. The van der Waals surface area contributed by atoms with Crippen LogP contribution < -0.4 is 5.73 Å². The van der Waals surface area contributed by atoms with Gasteiger partial charge in [0.05, 0.1) is 6.42 Å². The highest BCUT2D eigenvalue weighted by Gasteiger charge is 2.30. The van der Waals surface area contributed by atoms with Crippen LogP contribution in [0.1, 0.15) is 23.6 Å². The maximum atomic E-state index is 12.1. The summed E-state index contributed by atoms with van der Waals surface area (Å²) in [4.78, 5) is 0. The molecule has 1 nitrogen and oxygen atoms in total. The van der Waals surface area contributed by atoms with E-state index in [9.17, 15) is 13.2 Å². The zero-order chi connectivity index (χ0) is 11.6. The van der Waals surface area contributed by atoms with Gasteiger partial charge in [-0.15, -0.1) is 0 Å². The maximum absolute atomic E-state index is 12.1. The fourth-order valence-electron chi connectivity index (χ4n) is 1.21. The van der Waals surface area contributed by atoms with Gasteiger partial charge < -0.3 is 5.73 Å². The zero-order valence-electron chi connectivity index (χ0n) is 8.11. The first-order chi connectivity index (χ1) is 6.79. The summed E-state index contributed by atoms with van der Waals surface area (Å²) in [6, 6.07) is 4.00. The largest absolute Gasteiger partial charge is 0.390 e. The van der Waals surface area contributed by atoms with Gasteiger partial charge in [-0.2, -0.15) is 13.2 Å². The van der Waals surface area contributed by atoms with Gasteiger partial charge in [0.2, 0.25) is 0 Å². The average Bonchev–Trinajstić information content (AvgIpc) is 2.06. The van der Waals surface area contributed by atoms with Gasteiger partial charge in [-0.3, -0.25) is 0 Å². The Hall–Kier alpha value is -0.550. The number of alkyl halides is 3. The Bertz CT molecular complexity index is 349. The number of halogens is 4. The van der Waals surface area contributed by atoms with Crippen LogP contribution in [0, 0.1) is 6.92 Å². The Kier molecular flexibility index (Phi) is 3.78. The van der Waals surface area contributed by atoms with Crippen LogP contribution in [-0.4, -0.2) is 6.18 Å². The van der Waals surface area contributed by atoms with Crippen molar-refractivity contribution in [1.29, 1.82) is 0 Å². The van der Waals surface area contributed by atoms with Crippen molar-refractivity contribution in [3.8, 4) is 0 Å². The molecule has 5 heteroatoms. The van der Waals surface area contributed by atoms with E-state index in [2.05, 4.69) is 15.9 Å². The molecule has 15 heavy (non-hydrogen) atoms. The Morgan fingerprint density at radius 1 is 1.40 bits per heavy atom. The molecule has 1 unspecified atom stereocenters. The van der Waals surface area contributed by atoms with Crippen molar-refractivity contribution in [3.05, 3.63) is 33.8 Å². The smallest absolute Gasteiger partial charge is 0.324 e. The standard InChI is InChI=1S/C10H11BrF3N/c1-6-2-3-7(4-8(6)11)9(15)5-10(12,13)14/h2-4,9H,5,15H2,1H3. The van der Waals surface area contributed by atoms with Crippen LogP contribution in [0.2, 0.25) is 0 Å². The lowest BCUT2D eigenvalue weighted by Gasteiger charge is -2.15. The van der Waals surface area contributed by atoms with E-state index in [0.717, 1.165) is 10.0 Å². The third-order valence-electron chi connectivity index (χ3n) is 2.08. The van der Waals surface area contributed by atoms with Gasteiger partial charge in [-0.05, 0) is 24.1 Å². The number of hydrogen-bond donors (Lipinski definition) is 1. The van der Waals surface area contributed by atoms with Crippen LogP contribution >= 0.6 is 15.9 Å². The highest BCUT2D eigenvalue weighted by molar-refractivity contribution is 9.10. The first-order valence-electron chi connectivity index (χ1n) is 4.38. The number of nitrogens with two attached hydrogens (primary N) is 1. The van der Waals surface area contributed by atoms with E-state index < -0.39 is 18.6 Å². The molecular weight excluding hydrogens is 271 g/mol. The van der Waals surface area contributed by atoms with E-state index in [1.54, 1.807) is 18.2 Å². The summed E-state index contributed by atoms with van der Waals surface area (Å²) < 4.78 is 37.0. The molecule has 0 fully saturated rings. The fraction of sp³-hybridized carbons (Fsp3) is 0.400. The van der Waals surface area contributed by atoms with Crippen LogP contribution in [-0.2, 0) is 0 Å². The second-order valence-electron chi connectivity index (χ2n) is 3.43. The minimum Gasteiger partial charge on any atom is -0.324 e. The van der Waals surface area contributed by atoms with E-state index >= 15 is 0 Å². The van der Waals surface area contributed by atoms with Gasteiger partial charge in [-0.1, -0.05) is 28.1 Å². The van der Waals surface area contributed by atoms with Crippen molar-refractivity contribution in [2.45, 2.75) is 25.6 Å². The molecule has 1 atom stereocenters. The number of aryl methyl sites for hydroxylation is 1. The van der Waals surface area contributed by atoms with E-state index in [4.69, 9.17) is 5.73 Å². The zero-order valence-corrected chi connectivity index (χ0v) is 9.69. The van der Waals surface area contributed by atoms with E-state index in [1.165, 1.54) is 0 Å². The monoisotopic (exact) mass is 281 g/mol. The topological polar surface area (TPSA) is 26.0 Å². The summed E-state index contributed by atoms with van der Waals surface area (Å²) in [6.07, 6.45) is -5.22. The first kappa shape index (κ1) is 12.5. The van der Waals surface area contributed by atoms with Crippen LogP contribution in [0.5, 0.6) is 0 Å². The third-order valence-corrected chi connectivity index (χ3v) is 2.93. The molecule has 0 bridgehead atoms. The predicted molar refractivity (Wildman–Crippen MR) is 56.5 cm³/mol. The molecule has 1 rings (SSSR count). The Balaban J connectivity index is 2.83. The molecule has 84 valence electrons. The van der Waals surface area contributed by atoms with Gasteiger partial charge in [0.1, 0.15) is 0 Å². The molecule has 0 heterocycles. The van der Waals surface area contributed by atoms with Crippen molar-refractivity contribution < 1.29 is 13.2 Å². The lowest BCUT2D eigenvalue weighted by Crippen LogP contribution is -2.20. The van der Waals surface area contributed by atoms with Crippen molar-refractivity contribution in [2.75, 3.05) is 0 Å². The molecule has 2 N–H and O–H groups in total. The minimum absolute atomic E-state index is 0.491. The third kappa shape index (κ3) is 3.83. The Morgan fingerprint density at radius 2 is 2.00 bits per heavy atom. The van der Waals surface area contributed by atoms with Gasteiger partial charge in [-0.25, -0.2) is 0 Å². The quantitative estimate of drug-likeness (QED) is 0.879. The number of benzene rings is 1. The van der Waals surface area contributed by atoms with E-state index in [-0.39, 0.29) is 0 Å². The van der Waals surface area contributed by atoms with Crippen molar-refractivity contribution >= 4 is 15.9 Å². The number of hydrogen-bond acceptors (Lipinski definition) is 1. The summed E-state index contributed by atoms with van der Waals surface area (Å²) in [7, 11) is 0. The predicted octanol–water partition coefficient (Wildman–Crippen LogP) is 3.71. The summed E-state index contributed by atoms with van der Waals surface area (Å²) in [5, 5.41) is 0. The molecule has 0 aliphatic heterocycles. The molecule has 0 spiro atoms. The first-order valence-corrected chi connectivity index (χ1v) is 5.17. The second kappa shape index (κ2) is 4.53. The lowest BCUT2D eigenvalue weighted by molar-refractivity contribution is -0.138. The maximum Gasteiger partial charge on any atom is 0.390 e. The van der Waals surface area contributed by atoms with Crippen LogP contribution in [0.4, 0.5) is 13.2 Å². The number of rotatable bonds is 2. The molecule has 0 aliphatic rings. The van der Waals surface area contributed by atoms with Crippen molar-refractivity contribution in [1.82, 2.24) is 0 Å². The Labute approximate surface area is 94.6 Å². The van der Waals surface area contributed by atoms with Crippen LogP contribution in [0.15, 0.2) is 22.7 Å². The summed E-state index contributed by atoms with van der Waals surface area (Å²) in [6.45, 7) is 1.86. The Morgan fingerprint density at radius 3 is 2.47 bits per heavy atom. The fourth-order valence-corrected chi connectivity index (χ4v) is 1.60. The molecule has 0 saturated heterocycles. The highest BCUT2D eigenvalue weighted by atomic mass is 79.9. The van der Waals surface area contributed by atoms with Crippen LogP contribution in [0.25, 0.3) is 0 Å². The van der Waals surface area contributed by atoms with Crippen molar-refractivity contribution in [2.24, 2.45) is 5.73 Å². The SMILES string of the molecule is Cc1ccc(C(N)CC(F)(F)F)cc1Br. The highest BCUT2D eigenvalue weighted by Crippen LogP contribution is 2.29. The van der Waals surface area contributed by atoms with Gasteiger partial charge in [0.15, 0.2) is 0 Å². The summed E-state index contributed by atoms with van der Waals surface area (Å²) >= 11 is 3.26. The van der Waals surface area contributed by atoms with Gasteiger partial charge in [0, 0.05) is 10.5 Å². The molecule has 0 saturated carbocycles. The van der Waals surface area contributed by atoms with E-state index in [1.807, 2.05) is 6.92 Å². The average molecular weight is 282 g/mol. The second-order valence-corrected chi connectivity index (χ2v) is 4.29. The summed E-state index contributed by atoms with van der Waals surface area (Å²) in [5.74, 6) is 0. The van der Waals surface area contributed by atoms with Gasteiger partial charge in [0.25, 0.3) is 0 Å². The molecule has 0 amide bonds.